The lowest BCUT2D eigenvalue weighted by atomic mass is 9.49. The van der Waals surface area contributed by atoms with Gasteiger partial charge < -0.3 is 5.11 Å². The number of halogens is 1. The number of anilines is 2. The van der Waals surface area contributed by atoms with Gasteiger partial charge in [-0.25, -0.2) is 4.90 Å². The number of allylic oxidation sites excluding steroid dienone is 3. The topological polar surface area (TPSA) is 112 Å². The quantitative estimate of drug-likeness (QED) is 0.0964. The maximum absolute atomic E-state index is 15.5. The number of carbonyl (C=O) groups is 5. The molecule has 6 unspecified atom stereocenters. The van der Waals surface area contributed by atoms with Crippen molar-refractivity contribution in [2.75, 3.05) is 9.80 Å². The molecule has 2 heterocycles. The largest absolute Gasteiger partial charge is 0.507 e. The van der Waals surface area contributed by atoms with E-state index < -0.39 is 52.7 Å². The van der Waals surface area contributed by atoms with Gasteiger partial charge in [0, 0.05) is 27.6 Å². The number of amides is 4. The highest BCUT2D eigenvalue weighted by atomic mass is 35.5. The van der Waals surface area contributed by atoms with Crippen molar-refractivity contribution < 1.29 is 29.1 Å². The first-order chi connectivity index (χ1) is 27.7. The summed E-state index contributed by atoms with van der Waals surface area (Å²) in [6.07, 6.45) is 4.36. The van der Waals surface area contributed by atoms with Crippen LogP contribution in [-0.4, -0.2) is 34.5 Å². The number of phenols is 1. The van der Waals surface area contributed by atoms with Gasteiger partial charge in [-0.2, -0.15) is 0 Å². The molecule has 57 heavy (non-hydrogen) atoms. The van der Waals surface area contributed by atoms with Gasteiger partial charge in [-0.15, -0.1) is 6.58 Å². The lowest BCUT2D eigenvalue weighted by Gasteiger charge is -2.50. The minimum absolute atomic E-state index is 0.0119. The van der Waals surface area contributed by atoms with Crippen LogP contribution in [0.25, 0.3) is 0 Å². The first kappa shape index (κ1) is 36.3. The normalized spacial score (nSPS) is 25.1. The van der Waals surface area contributed by atoms with Crippen molar-refractivity contribution in [3.8, 4) is 5.75 Å². The van der Waals surface area contributed by atoms with E-state index in [4.69, 9.17) is 11.6 Å². The van der Waals surface area contributed by atoms with Crippen LogP contribution < -0.4 is 9.80 Å². The number of para-hydroxylation sites is 1. The Bertz CT molecular complexity index is 2530. The van der Waals surface area contributed by atoms with Crippen molar-refractivity contribution in [2.24, 2.45) is 23.7 Å². The number of ketones is 1. The summed E-state index contributed by atoms with van der Waals surface area (Å²) in [7, 11) is 0. The second-order valence-corrected chi connectivity index (χ2v) is 15.6. The Kier molecular flexibility index (Phi) is 8.89. The summed E-state index contributed by atoms with van der Waals surface area (Å²) in [6.45, 7) is 3.87. The number of fused-ring (bicyclic) bond motifs is 4. The molecule has 9 heteroatoms. The summed E-state index contributed by atoms with van der Waals surface area (Å²) in [5.41, 5.74) is 2.52. The molecular formula is C48H37ClN2O6. The van der Waals surface area contributed by atoms with Crippen LogP contribution in [0.15, 0.2) is 152 Å². The van der Waals surface area contributed by atoms with E-state index in [2.05, 4.69) is 6.58 Å². The van der Waals surface area contributed by atoms with Gasteiger partial charge in [0.15, 0.2) is 5.78 Å². The summed E-state index contributed by atoms with van der Waals surface area (Å²) in [4.78, 5) is 75.2. The van der Waals surface area contributed by atoms with Crippen molar-refractivity contribution in [1.82, 2.24) is 0 Å². The Morgan fingerprint density at radius 2 is 1.44 bits per heavy atom. The second kappa shape index (κ2) is 14.0. The highest BCUT2D eigenvalue weighted by Gasteiger charge is 2.70. The summed E-state index contributed by atoms with van der Waals surface area (Å²) in [5.74, 6) is -5.85. The van der Waals surface area contributed by atoms with Gasteiger partial charge in [-0.3, -0.25) is 28.9 Å². The van der Waals surface area contributed by atoms with E-state index in [1.54, 1.807) is 91.0 Å². The van der Waals surface area contributed by atoms with Crippen LogP contribution in [0.4, 0.5) is 11.4 Å². The number of hydrogen-bond donors (Lipinski definition) is 1. The van der Waals surface area contributed by atoms with Gasteiger partial charge in [0.05, 0.1) is 34.5 Å². The number of imide groups is 2. The van der Waals surface area contributed by atoms with Crippen LogP contribution in [0.3, 0.4) is 0 Å². The van der Waals surface area contributed by atoms with Gasteiger partial charge in [0.25, 0.3) is 0 Å². The molecule has 0 bridgehead atoms. The molecule has 5 aromatic carbocycles. The number of rotatable bonds is 8. The van der Waals surface area contributed by atoms with E-state index in [0.717, 1.165) is 5.57 Å². The Balaban J connectivity index is 1.19. The zero-order valence-corrected chi connectivity index (χ0v) is 31.5. The highest BCUT2D eigenvalue weighted by molar-refractivity contribution is 6.32. The standard InChI is InChI=1S/C48H37ClN2O6/c1-2-11-28-14-9-19-37(43(28)53)41-35-24-25-36-40(46(56)50(44(36)54)33-22-20-30(21-23-33)42(52)29-12-5-3-6-13-29)38(35)27-39-45(55)51(34-18-10-17-32(49)26-34)47(57)48(39,41)31-15-7-4-8-16-31/h2-10,12-24,26,36,38-41,53H,1,11,25,27H2. The second-order valence-electron chi connectivity index (χ2n) is 15.2. The minimum atomic E-state index is -1.52. The molecule has 6 atom stereocenters. The first-order valence-electron chi connectivity index (χ1n) is 19.1. The first-order valence-corrected chi connectivity index (χ1v) is 19.4. The Hall–Kier alpha value is -6.38. The monoisotopic (exact) mass is 772 g/mol. The van der Waals surface area contributed by atoms with Crippen molar-refractivity contribution in [3.05, 3.63) is 185 Å². The predicted octanol–water partition coefficient (Wildman–Crippen LogP) is 8.37. The number of aromatic hydroxyl groups is 1. The maximum Gasteiger partial charge on any atom is 0.246 e. The fraction of sp³-hybridized carbons (Fsp3) is 0.188. The molecule has 2 aliphatic heterocycles. The molecule has 5 aromatic rings. The van der Waals surface area contributed by atoms with Crippen LogP contribution >= 0.6 is 11.6 Å². The van der Waals surface area contributed by atoms with Crippen molar-refractivity contribution >= 4 is 52.4 Å². The predicted molar refractivity (Wildman–Crippen MR) is 217 cm³/mol. The summed E-state index contributed by atoms with van der Waals surface area (Å²) in [5, 5.41) is 12.4. The van der Waals surface area contributed by atoms with Gasteiger partial charge in [0.1, 0.15) is 5.75 Å². The van der Waals surface area contributed by atoms with Crippen molar-refractivity contribution in [3.63, 3.8) is 0 Å². The van der Waals surface area contributed by atoms with E-state index in [1.165, 1.54) is 9.80 Å². The van der Waals surface area contributed by atoms with Crippen LogP contribution in [0.2, 0.25) is 5.02 Å². The highest BCUT2D eigenvalue weighted by Crippen LogP contribution is 2.65. The van der Waals surface area contributed by atoms with Crippen molar-refractivity contribution in [1.29, 1.82) is 0 Å². The lowest BCUT2D eigenvalue weighted by molar-refractivity contribution is -0.127. The molecule has 3 fully saturated rings. The Morgan fingerprint density at radius 3 is 2.14 bits per heavy atom. The number of benzene rings is 5. The van der Waals surface area contributed by atoms with Gasteiger partial charge in [-0.05, 0) is 78.8 Å². The number of carbonyl (C=O) groups excluding carboxylic acids is 5. The molecule has 0 radical (unpaired) electrons. The average Bonchev–Trinajstić information content (AvgIpc) is 3.63. The summed E-state index contributed by atoms with van der Waals surface area (Å²) < 4.78 is 0. The average molecular weight is 773 g/mol. The number of phenolic OH excluding ortho intramolecular Hbond substituents is 1. The van der Waals surface area contributed by atoms with Crippen LogP contribution in [0.1, 0.15) is 51.4 Å². The molecule has 0 spiro atoms. The molecule has 8 nitrogen and oxygen atoms in total. The van der Waals surface area contributed by atoms with E-state index in [1.807, 2.05) is 48.5 Å². The molecule has 4 amide bonds. The molecule has 0 aromatic heterocycles. The smallest absolute Gasteiger partial charge is 0.246 e. The van der Waals surface area contributed by atoms with Crippen LogP contribution in [0.5, 0.6) is 5.75 Å². The molecule has 282 valence electrons. The summed E-state index contributed by atoms with van der Waals surface area (Å²) in [6, 6.07) is 36.6. The van der Waals surface area contributed by atoms with Gasteiger partial charge >= 0.3 is 0 Å². The van der Waals surface area contributed by atoms with Crippen LogP contribution in [0, 0.1) is 23.7 Å². The SMILES string of the molecule is C=CCc1cccc(C2C3=CCC4C(=O)N(c5ccc(C(=O)c6ccccc6)cc5)C(=O)C4C3CC3C(=O)N(c4cccc(Cl)c4)C(=O)C32c2ccccc2)c1O. The van der Waals surface area contributed by atoms with E-state index in [-0.39, 0.29) is 30.3 Å². The van der Waals surface area contributed by atoms with Gasteiger partial charge in [0.2, 0.25) is 23.6 Å². The number of nitrogens with zero attached hydrogens (tertiary/aromatic N) is 2. The lowest BCUT2D eigenvalue weighted by Crippen LogP contribution is -2.53. The van der Waals surface area contributed by atoms with E-state index in [0.29, 0.717) is 50.6 Å². The zero-order chi connectivity index (χ0) is 39.6. The van der Waals surface area contributed by atoms with Gasteiger partial charge in [-0.1, -0.05) is 114 Å². The third-order valence-corrected chi connectivity index (χ3v) is 12.7. The molecule has 4 aliphatic rings. The summed E-state index contributed by atoms with van der Waals surface area (Å²) >= 11 is 6.43. The third kappa shape index (κ3) is 5.46. The Labute approximate surface area is 334 Å². The molecule has 2 saturated heterocycles. The molecule has 1 saturated carbocycles. The fourth-order valence-corrected chi connectivity index (χ4v) is 10.2. The molecular weight excluding hydrogens is 736 g/mol. The molecule has 1 N–H and O–H groups in total. The zero-order valence-electron chi connectivity index (χ0n) is 30.8. The fourth-order valence-electron chi connectivity index (χ4n) is 10.0. The van der Waals surface area contributed by atoms with E-state index >= 15 is 9.59 Å². The van der Waals surface area contributed by atoms with Crippen LogP contribution in [-0.2, 0) is 31.0 Å². The molecule has 2 aliphatic carbocycles. The van der Waals surface area contributed by atoms with E-state index in [9.17, 15) is 19.5 Å². The molecule has 9 rings (SSSR count). The number of hydrogen-bond acceptors (Lipinski definition) is 6. The maximum atomic E-state index is 15.5. The van der Waals surface area contributed by atoms with Crippen molar-refractivity contribution in [2.45, 2.75) is 30.6 Å². The third-order valence-electron chi connectivity index (χ3n) is 12.4. The Morgan fingerprint density at radius 1 is 0.754 bits per heavy atom. The minimum Gasteiger partial charge on any atom is -0.507 e.